The molecule has 1 atom stereocenters. The van der Waals surface area contributed by atoms with Crippen molar-refractivity contribution in [2.24, 2.45) is 0 Å². The highest BCUT2D eigenvalue weighted by Crippen LogP contribution is 2.35. The highest BCUT2D eigenvalue weighted by atomic mass is 19.4. The zero-order chi connectivity index (χ0) is 13.7. The number of ether oxygens (including phenoxy) is 2. The van der Waals surface area contributed by atoms with E-state index in [1.54, 1.807) is 13.8 Å². The van der Waals surface area contributed by atoms with Gasteiger partial charge in [-0.1, -0.05) is 6.92 Å². The summed E-state index contributed by atoms with van der Waals surface area (Å²) in [6.45, 7) is 2.37. The second-order valence-corrected chi connectivity index (χ2v) is 3.42. The van der Waals surface area contributed by atoms with Gasteiger partial charge in [0.05, 0.1) is 19.3 Å². The molecule has 17 heavy (non-hydrogen) atoms. The smallest absolute Gasteiger partial charge is 0.376 e. The Bertz CT molecular complexity index is 199. The van der Waals surface area contributed by atoms with Gasteiger partial charge in [0.1, 0.15) is 0 Å². The molecule has 0 spiro atoms. The molecule has 0 aliphatic carbocycles. The molecule has 2 nitrogen and oxygen atoms in total. The Morgan fingerprint density at radius 2 is 1.29 bits per heavy atom. The Hall–Kier alpha value is -0.500. The van der Waals surface area contributed by atoms with Crippen molar-refractivity contribution in [3.05, 3.63) is 0 Å². The maximum absolute atomic E-state index is 12.0. The first-order chi connectivity index (χ1) is 7.59. The average Bonchev–Trinajstić information content (AvgIpc) is 2.12. The molecule has 1 unspecified atom stereocenters. The van der Waals surface area contributed by atoms with Gasteiger partial charge in [-0.15, -0.1) is 0 Å². The second kappa shape index (κ2) is 6.44. The fourth-order valence-electron chi connectivity index (χ4n) is 0.908. The molecule has 8 heteroatoms. The lowest BCUT2D eigenvalue weighted by Gasteiger charge is -2.23. The van der Waals surface area contributed by atoms with E-state index in [9.17, 15) is 26.3 Å². The van der Waals surface area contributed by atoms with Crippen LogP contribution >= 0.6 is 0 Å². The molecular weight excluding hydrogens is 254 g/mol. The summed E-state index contributed by atoms with van der Waals surface area (Å²) in [4.78, 5) is 0. The normalized spacial score (nSPS) is 15.4. The highest BCUT2D eigenvalue weighted by Gasteiger charge is 2.57. The van der Waals surface area contributed by atoms with Crippen molar-refractivity contribution in [1.82, 2.24) is 0 Å². The van der Waals surface area contributed by atoms with E-state index >= 15 is 0 Å². The van der Waals surface area contributed by atoms with Crippen molar-refractivity contribution in [2.45, 2.75) is 44.8 Å². The molecule has 0 aromatic carbocycles. The lowest BCUT2D eigenvalue weighted by atomic mass is 10.3. The van der Waals surface area contributed by atoms with Crippen molar-refractivity contribution in [3.63, 3.8) is 0 Å². The lowest BCUT2D eigenvalue weighted by molar-refractivity contribution is -0.323. The van der Waals surface area contributed by atoms with Crippen LogP contribution in [0.5, 0.6) is 0 Å². The molecule has 104 valence electrons. The Balaban J connectivity index is 4.12. The van der Waals surface area contributed by atoms with Crippen molar-refractivity contribution >= 4 is 0 Å². The topological polar surface area (TPSA) is 18.5 Å². The third-order valence-corrected chi connectivity index (χ3v) is 1.94. The van der Waals surface area contributed by atoms with Gasteiger partial charge in [-0.25, -0.2) is 0 Å². The van der Waals surface area contributed by atoms with Crippen molar-refractivity contribution in [2.75, 3.05) is 13.2 Å². The van der Waals surface area contributed by atoms with Crippen LogP contribution in [0.25, 0.3) is 0 Å². The van der Waals surface area contributed by atoms with Crippen LogP contribution in [0.1, 0.15) is 20.3 Å². The number of alkyl halides is 6. The van der Waals surface area contributed by atoms with Gasteiger partial charge in [0.15, 0.2) is 0 Å². The minimum Gasteiger partial charge on any atom is -0.376 e. The maximum atomic E-state index is 12.0. The van der Waals surface area contributed by atoms with Crippen molar-refractivity contribution in [3.8, 4) is 0 Å². The number of hydrogen-bond donors (Lipinski definition) is 0. The molecule has 0 saturated heterocycles. The number of rotatable bonds is 6. The van der Waals surface area contributed by atoms with Gasteiger partial charge in [-0.05, 0) is 13.3 Å². The first kappa shape index (κ1) is 16.5. The molecule has 0 amide bonds. The summed E-state index contributed by atoms with van der Waals surface area (Å²) in [5, 5.41) is 0. The predicted molar refractivity (Wildman–Crippen MR) is 47.6 cm³/mol. The van der Waals surface area contributed by atoms with Gasteiger partial charge in [0.25, 0.3) is 0 Å². The monoisotopic (exact) mass is 268 g/mol. The number of halogens is 6. The largest absolute Gasteiger partial charge is 0.423 e. The summed E-state index contributed by atoms with van der Waals surface area (Å²) in [7, 11) is 0. The van der Waals surface area contributed by atoms with E-state index in [-0.39, 0.29) is 12.7 Å². The van der Waals surface area contributed by atoms with Gasteiger partial charge in [0.2, 0.25) is 6.10 Å². The first-order valence-electron chi connectivity index (χ1n) is 4.95. The van der Waals surface area contributed by atoms with Crippen LogP contribution < -0.4 is 0 Å². The molecule has 0 radical (unpaired) electrons. The van der Waals surface area contributed by atoms with Crippen LogP contribution in [-0.4, -0.2) is 37.8 Å². The molecule has 0 saturated carbocycles. The molecule has 0 aromatic rings. The van der Waals surface area contributed by atoms with Crippen LogP contribution in [0.2, 0.25) is 0 Å². The summed E-state index contributed by atoms with van der Waals surface area (Å²) in [5.74, 6) is 0. The van der Waals surface area contributed by atoms with E-state index in [1.165, 1.54) is 0 Å². The maximum Gasteiger partial charge on any atom is 0.423 e. The third kappa shape index (κ3) is 6.72. The molecule has 0 aliphatic heterocycles. The molecular formula is C9H14F6O2. The Kier molecular flexibility index (Phi) is 6.25. The lowest BCUT2D eigenvalue weighted by Crippen LogP contribution is -2.44. The van der Waals surface area contributed by atoms with Gasteiger partial charge in [0, 0.05) is 0 Å². The van der Waals surface area contributed by atoms with Crippen molar-refractivity contribution < 1.29 is 35.8 Å². The van der Waals surface area contributed by atoms with Crippen LogP contribution in [0.4, 0.5) is 26.3 Å². The minimum atomic E-state index is -5.46. The van der Waals surface area contributed by atoms with Crippen LogP contribution in [0.3, 0.4) is 0 Å². The second-order valence-electron chi connectivity index (χ2n) is 3.42. The summed E-state index contributed by atoms with van der Waals surface area (Å²) in [6, 6.07) is 0. The fourth-order valence-corrected chi connectivity index (χ4v) is 0.908. The molecule has 0 heterocycles. The van der Waals surface area contributed by atoms with E-state index in [0.717, 1.165) is 0 Å². The summed E-state index contributed by atoms with van der Waals surface area (Å²) < 4.78 is 80.6. The average molecular weight is 268 g/mol. The summed E-state index contributed by atoms with van der Waals surface area (Å²) in [5.41, 5.74) is 0. The van der Waals surface area contributed by atoms with E-state index in [4.69, 9.17) is 4.74 Å². The van der Waals surface area contributed by atoms with E-state index < -0.39 is 25.1 Å². The van der Waals surface area contributed by atoms with Crippen LogP contribution in [-0.2, 0) is 9.47 Å². The molecule has 0 aliphatic rings. The Morgan fingerprint density at radius 1 is 0.882 bits per heavy atom. The molecule has 0 aromatic heterocycles. The molecule has 0 bridgehead atoms. The fraction of sp³-hybridized carbons (Fsp3) is 1.00. The SMILES string of the molecule is CCC(C)OCCOC(C(F)(F)F)C(F)(F)F. The van der Waals surface area contributed by atoms with Gasteiger partial charge >= 0.3 is 12.4 Å². The van der Waals surface area contributed by atoms with Gasteiger partial charge in [-0.3, -0.25) is 0 Å². The third-order valence-electron chi connectivity index (χ3n) is 1.94. The van der Waals surface area contributed by atoms with Crippen molar-refractivity contribution in [1.29, 1.82) is 0 Å². The van der Waals surface area contributed by atoms with Gasteiger partial charge < -0.3 is 9.47 Å². The van der Waals surface area contributed by atoms with E-state index in [1.807, 2.05) is 0 Å². The minimum absolute atomic E-state index is 0.228. The molecule has 0 N–H and O–H groups in total. The summed E-state index contributed by atoms with van der Waals surface area (Å²) in [6.07, 6.45) is -14.3. The highest BCUT2D eigenvalue weighted by molar-refractivity contribution is 4.75. The predicted octanol–water partition coefficient (Wildman–Crippen LogP) is 3.31. The zero-order valence-electron chi connectivity index (χ0n) is 9.36. The van der Waals surface area contributed by atoms with Crippen LogP contribution in [0, 0.1) is 0 Å². The quantitative estimate of drug-likeness (QED) is 0.543. The first-order valence-corrected chi connectivity index (χ1v) is 4.95. The van der Waals surface area contributed by atoms with E-state index in [0.29, 0.717) is 6.42 Å². The summed E-state index contributed by atoms with van der Waals surface area (Å²) >= 11 is 0. The molecule has 0 rings (SSSR count). The number of hydrogen-bond acceptors (Lipinski definition) is 2. The zero-order valence-corrected chi connectivity index (χ0v) is 9.36. The van der Waals surface area contributed by atoms with E-state index in [2.05, 4.69) is 4.74 Å². The Morgan fingerprint density at radius 3 is 1.65 bits per heavy atom. The molecule has 0 fully saturated rings. The Labute approximate surface area is 94.9 Å². The standard InChI is InChI=1S/C9H14F6O2/c1-3-6(2)16-4-5-17-7(8(10,11)12)9(13,14)15/h6-7H,3-5H2,1-2H3. The van der Waals surface area contributed by atoms with Gasteiger partial charge in [-0.2, -0.15) is 26.3 Å². The van der Waals surface area contributed by atoms with Crippen LogP contribution in [0.15, 0.2) is 0 Å².